The maximum atomic E-state index is 11.8. The van der Waals surface area contributed by atoms with Crippen LogP contribution in [-0.4, -0.2) is 38.8 Å². The van der Waals surface area contributed by atoms with Crippen LogP contribution in [0.5, 0.6) is 0 Å². The third-order valence-corrected chi connectivity index (χ3v) is 4.37. The molecule has 1 aliphatic rings. The molecule has 0 amide bonds. The number of fused-ring (bicyclic) bond motifs is 1. The van der Waals surface area contributed by atoms with Gasteiger partial charge < -0.3 is 10.0 Å². The third kappa shape index (κ3) is 2.26. The van der Waals surface area contributed by atoms with E-state index in [1.165, 1.54) is 21.9 Å². The summed E-state index contributed by atoms with van der Waals surface area (Å²) in [5.74, 6) is -1.15. The molecule has 8 heteroatoms. The Morgan fingerprint density at radius 3 is 3.10 bits per heavy atom. The van der Waals surface area contributed by atoms with Crippen molar-refractivity contribution in [2.75, 3.05) is 18.0 Å². The molecule has 0 aromatic carbocycles. The second kappa shape index (κ2) is 4.86. The summed E-state index contributed by atoms with van der Waals surface area (Å²) in [7, 11) is 0. The number of nitrogens with zero attached hydrogens (tertiary/aromatic N) is 4. The van der Waals surface area contributed by atoms with Gasteiger partial charge in [-0.15, -0.1) is 5.10 Å². The molecule has 20 heavy (non-hydrogen) atoms. The number of aliphatic carboxylic acids is 1. The molecule has 0 aliphatic carbocycles. The Hall–Kier alpha value is -1.96. The Morgan fingerprint density at radius 2 is 2.35 bits per heavy atom. The Bertz CT molecular complexity index is 723. The van der Waals surface area contributed by atoms with Gasteiger partial charge in [0.2, 0.25) is 10.1 Å². The van der Waals surface area contributed by atoms with E-state index in [2.05, 4.69) is 10.1 Å². The first-order chi connectivity index (χ1) is 9.54. The van der Waals surface area contributed by atoms with Crippen LogP contribution >= 0.6 is 11.3 Å². The van der Waals surface area contributed by atoms with E-state index >= 15 is 0 Å². The Labute approximate surface area is 118 Å². The zero-order valence-corrected chi connectivity index (χ0v) is 11.8. The number of rotatable bonds is 2. The lowest BCUT2D eigenvalue weighted by atomic mass is 9.99. The van der Waals surface area contributed by atoms with Crippen molar-refractivity contribution >= 4 is 27.4 Å². The van der Waals surface area contributed by atoms with Crippen molar-refractivity contribution in [3.8, 4) is 0 Å². The highest BCUT2D eigenvalue weighted by molar-refractivity contribution is 7.20. The maximum absolute atomic E-state index is 11.8. The monoisotopic (exact) mass is 294 g/mol. The van der Waals surface area contributed by atoms with Crippen LogP contribution in [0.3, 0.4) is 0 Å². The molecule has 0 spiro atoms. The molecule has 1 atom stereocenters. The van der Waals surface area contributed by atoms with Gasteiger partial charge in [-0.1, -0.05) is 11.3 Å². The minimum atomic E-state index is -0.776. The molecule has 106 valence electrons. The average Bonchev–Trinajstić information content (AvgIpc) is 2.83. The number of hydrogen-bond acceptors (Lipinski definition) is 6. The summed E-state index contributed by atoms with van der Waals surface area (Å²) in [6.07, 6.45) is 1.50. The van der Waals surface area contributed by atoms with Crippen molar-refractivity contribution in [1.29, 1.82) is 0 Å². The first-order valence-corrected chi connectivity index (χ1v) is 7.21. The van der Waals surface area contributed by atoms with Gasteiger partial charge in [0.25, 0.3) is 5.56 Å². The third-order valence-electron chi connectivity index (χ3n) is 3.40. The number of carboxylic acid groups (broad SMARTS) is 1. The molecule has 0 unspecified atom stereocenters. The zero-order chi connectivity index (χ0) is 14.3. The van der Waals surface area contributed by atoms with E-state index < -0.39 is 5.97 Å². The van der Waals surface area contributed by atoms with Crippen LogP contribution in [-0.2, 0) is 4.79 Å². The largest absolute Gasteiger partial charge is 0.481 e. The molecule has 2 aromatic heterocycles. The predicted molar refractivity (Wildman–Crippen MR) is 74.4 cm³/mol. The van der Waals surface area contributed by atoms with E-state index in [-0.39, 0.29) is 11.5 Å². The molecular formula is C12H14N4O3S. The van der Waals surface area contributed by atoms with E-state index in [4.69, 9.17) is 5.11 Å². The van der Waals surface area contributed by atoms with Crippen molar-refractivity contribution in [1.82, 2.24) is 14.6 Å². The van der Waals surface area contributed by atoms with E-state index in [1.807, 2.05) is 4.90 Å². The van der Waals surface area contributed by atoms with E-state index in [9.17, 15) is 9.59 Å². The first-order valence-electron chi connectivity index (χ1n) is 6.40. The van der Waals surface area contributed by atoms with Gasteiger partial charge in [-0.25, -0.2) is 4.98 Å². The number of aromatic nitrogens is 3. The fourth-order valence-electron chi connectivity index (χ4n) is 2.39. The van der Waals surface area contributed by atoms with Crippen LogP contribution < -0.4 is 10.5 Å². The van der Waals surface area contributed by atoms with Crippen molar-refractivity contribution in [3.05, 3.63) is 22.1 Å². The van der Waals surface area contributed by atoms with Crippen LogP contribution in [0, 0.1) is 12.8 Å². The molecule has 0 saturated carbocycles. The minimum absolute atomic E-state index is 0.207. The van der Waals surface area contributed by atoms with Crippen molar-refractivity contribution in [2.24, 2.45) is 5.92 Å². The molecule has 1 saturated heterocycles. The van der Waals surface area contributed by atoms with Gasteiger partial charge >= 0.3 is 5.97 Å². The highest BCUT2D eigenvalue weighted by Gasteiger charge is 2.27. The van der Waals surface area contributed by atoms with Crippen molar-refractivity contribution in [3.63, 3.8) is 0 Å². The van der Waals surface area contributed by atoms with Gasteiger partial charge in [0, 0.05) is 24.8 Å². The summed E-state index contributed by atoms with van der Waals surface area (Å²) < 4.78 is 1.28. The highest BCUT2D eigenvalue weighted by atomic mass is 32.1. The number of carbonyl (C=O) groups is 1. The lowest BCUT2D eigenvalue weighted by Gasteiger charge is -2.29. The predicted octanol–water partition coefficient (Wildman–Crippen LogP) is 0.760. The first kappa shape index (κ1) is 13.0. The van der Waals surface area contributed by atoms with E-state index in [0.29, 0.717) is 28.8 Å². The lowest BCUT2D eigenvalue weighted by Crippen LogP contribution is -2.38. The van der Waals surface area contributed by atoms with Crippen LogP contribution in [0.1, 0.15) is 18.5 Å². The molecule has 1 fully saturated rings. The van der Waals surface area contributed by atoms with Gasteiger partial charge in [-0.2, -0.15) is 4.52 Å². The summed E-state index contributed by atoms with van der Waals surface area (Å²) in [6.45, 7) is 2.96. The number of piperidine rings is 1. The molecule has 2 aromatic rings. The minimum Gasteiger partial charge on any atom is -0.481 e. The van der Waals surface area contributed by atoms with Crippen molar-refractivity contribution < 1.29 is 9.90 Å². The van der Waals surface area contributed by atoms with Gasteiger partial charge in [0.05, 0.1) is 5.92 Å². The molecule has 1 aliphatic heterocycles. The van der Waals surface area contributed by atoms with Crippen LogP contribution in [0.2, 0.25) is 0 Å². The number of aryl methyl sites for hydroxylation is 1. The van der Waals surface area contributed by atoms with Crippen LogP contribution in [0.4, 0.5) is 5.13 Å². The van der Waals surface area contributed by atoms with E-state index in [1.54, 1.807) is 6.92 Å². The van der Waals surface area contributed by atoms with Gasteiger partial charge in [-0.3, -0.25) is 9.59 Å². The van der Waals surface area contributed by atoms with E-state index in [0.717, 1.165) is 13.0 Å². The fourth-order valence-corrected chi connectivity index (χ4v) is 3.38. The maximum Gasteiger partial charge on any atom is 0.308 e. The number of carboxylic acids is 1. The van der Waals surface area contributed by atoms with Crippen molar-refractivity contribution in [2.45, 2.75) is 19.8 Å². The average molecular weight is 294 g/mol. The van der Waals surface area contributed by atoms with Crippen LogP contribution in [0.25, 0.3) is 4.96 Å². The molecule has 3 heterocycles. The Kier molecular flexibility index (Phi) is 3.17. The number of anilines is 1. The Balaban J connectivity index is 1.96. The molecular weight excluding hydrogens is 280 g/mol. The van der Waals surface area contributed by atoms with Gasteiger partial charge in [-0.05, 0) is 19.8 Å². The normalized spacial score (nSPS) is 19.4. The molecule has 0 bridgehead atoms. The second-order valence-corrected chi connectivity index (χ2v) is 5.87. The quantitative estimate of drug-likeness (QED) is 0.880. The summed E-state index contributed by atoms with van der Waals surface area (Å²) >= 11 is 1.32. The summed E-state index contributed by atoms with van der Waals surface area (Å²) in [4.78, 5) is 29.7. The molecule has 0 radical (unpaired) electrons. The summed E-state index contributed by atoms with van der Waals surface area (Å²) in [5, 5.41) is 14.0. The van der Waals surface area contributed by atoms with Crippen LogP contribution in [0.15, 0.2) is 10.9 Å². The summed E-state index contributed by atoms with van der Waals surface area (Å²) in [5.41, 5.74) is 0.453. The lowest BCUT2D eigenvalue weighted by molar-refractivity contribution is -0.141. The van der Waals surface area contributed by atoms with Gasteiger partial charge in [0.15, 0.2) is 0 Å². The highest BCUT2D eigenvalue weighted by Crippen LogP contribution is 2.26. The fraction of sp³-hybridized carbons (Fsp3) is 0.500. The molecule has 7 nitrogen and oxygen atoms in total. The Morgan fingerprint density at radius 1 is 1.55 bits per heavy atom. The molecule has 3 rings (SSSR count). The SMILES string of the molecule is Cc1cc(=O)n2nc(N3CCC[C@H](C(=O)O)C3)sc2n1. The summed E-state index contributed by atoms with van der Waals surface area (Å²) in [6, 6.07) is 1.44. The second-order valence-electron chi connectivity index (χ2n) is 4.94. The molecule has 1 N–H and O–H groups in total. The number of hydrogen-bond donors (Lipinski definition) is 1. The smallest absolute Gasteiger partial charge is 0.308 e. The zero-order valence-electron chi connectivity index (χ0n) is 10.9. The standard InChI is InChI=1S/C12H14N4O3S/c1-7-5-9(17)16-11(13-7)20-12(14-16)15-4-2-3-8(6-15)10(18)19/h5,8H,2-4,6H2,1H3,(H,18,19)/t8-/m0/s1. The van der Waals surface area contributed by atoms with Gasteiger partial charge in [0.1, 0.15) is 0 Å². The topological polar surface area (TPSA) is 87.8 Å².